The maximum Gasteiger partial charge on any atom is 0.330 e. The van der Waals surface area contributed by atoms with Crippen LogP contribution < -0.4 is 0 Å². The van der Waals surface area contributed by atoms with Crippen molar-refractivity contribution < 1.29 is 19.0 Å². The Balaban J connectivity index is 2.20. The second-order valence-corrected chi connectivity index (χ2v) is 4.11. The molecule has 0 radical (unpaired) electrons. The SMILES string of the molecule is COC(=O)/C=C\C(C)COC1(C)COC1. The van der Waals surface area contributed by atoms with Gasteiger partial charge in [-0.2, -0.15) is 0 Å². The third kappa shape index (κ3) is 4.01. The summed E-state index contributed by atoms with van der Waals surface area (Å²) in [7, 11) is 1.36. The van der Waals surface area contributed by atoms with E-state index in [1.807, 2.05) is 13.8 Å². The van der Waals surface area contributed by atoms with Crippen molar-refractivity contribution in [1.29, 1.82) is 0 Å². The van der Waals surface area contributed by atoms with Crippen LogP contribution in [0.2, 0.25) is 0 Å². The third-order valence-electron chi connectivity index (χ3n) is 2.27. The lowest BCUT2D eigenvalue weighted by Gasteiger charge is -2.38. The van der Waals surface area contributed by atoms with Crippen LogP contribution in [0.1, 0.15) is 13.8 Å². The molecule has 4 heteroatoms. The van der Waals surface area contributed by atoms with E-state index in [-0.39, 0.29) is 17.5 Å². The molecule has 1 aliphatic rings. The first-order valence-electron chi connectivity index (χ1n) is 5.03. The molecule has 0 aromatic heterocycles. The predicted octanol–water partition coefficient (Wildman–Crippen LogP) is 1.16. The minimum Gasteiger partial charge on any atom is -0.466 e. The van der Waals surface area contributed by atoms with Crippen LogP contribution in [0.3, 0.4) is 0 Å². The molecule has 1 unspecified atom stereocenters. The number of esters is 1. The summed E-state index contributed by atoms with van der Waals surface area (Å²) in [6.07, 6.45) is 3.21. The zero-order valence-electron chi connectivity index (χ0n) is 9.49. The van der Waals surface area contributed by atoms with Gasteiger partial charge in [-0.3, -0.25) is 0 Å². The normalized spacial score (nSPS) is 21.0. The predicted molar refractivity (Wildman–Crippen MR) is 55.5 cm³/mol. The Morgan fingerprint density at radius 1 is 1.60 bits per heavy atom. The fraction of sp³-hybridized carbons (Fsp3) is 0.727. The monoisotopic (exact) mass is 214 g/mol. The Labute approximate surface area is 90.2 Å². The standard InChI is InChI=1S/C11H18O4/c1-9(4-5-10(12)13-3)6-15-11(2)7-14-8-11/h4-5,9H,6-8H2,1-3H3/b5-4-. The summed E-state index contributed by atoms with van der Waals surface area (Å²) in [5, 5.41) is 0. The maximum absolute atomic E-state index is 10.8. The van der Waals surface area contributed by atoms with Gasteiger partial charge in [-0.25, -0.2) is 4.79 Å². The molecule has 0 aromatic carbocycles. The molecule has 1 aliphatic heterocycles. The summed E-state index contributed by atoms with van der Waals surface area (Å²) < 4.78 is 15.2. The third-order valence-corrected chi connectivity index (χ3v) is 2.27. The lowest BCUT2D eigenvalue weighted by atomic mass is 10.1. The molecule has 15 heavy (non-hydrogen) atoms. The van der Waals surface area contributed by atoms with Crippen LogP contribution in [-0.2, 0) is 19.0 Å². The number of carbonyl (C=O) groups is 1. The van der Waals surface area contributed by atoms with Crippen molar-refractivity contribution >= 4 is 5.97 Å². The number of methoxy groups -OCH3 is 1. The smallest absolute Gasteiger partial charge is 0.330 e. The van der Waals surface area contributed by atoms with Gasteiger partial charge in [-0.15, -0.1) is 0 Å². The fourth-order valence-corrected chi connectivity index (χ4v) is 1.17. The summed E-state index contributed by atoms with van der Waals surface area (Å²) >= 11 is 0. The topological polar surface area (TPSA) is 44.8 Å². The van der Waals surface area contributed by atoms with Crippen LogP contribution in [0, 0.1) is 5.92 Å². The van der Waals surface area contributed by atoms with Crippen molar-refractivity contribution in [3.63, 3.8) is 0 Å². The second-order valence-electron chi connectivity index (χ2n) is 4.11. The van der Waals surface area contributed by atoms with Crippen molar-refractivity contribution in [3.05, 3.63) is 12.2 Å². The number of carbonyl (C=O) groups excluding carboxylic acids is 1. The summed E-state index contributed by atoms with van der Waals surface area (Å²) in [5.41, 5.74) is -0.132. The summed E-state index contributed by atoms with van der Waals surface area (Å²) in [6, 6.07) is 0. The van der Waals surface area contributed by atoms with Gasteiger partial charge in [0.2, 0.25) is 0 Å². The Morgan fingerprint density at radius 3 is 2.73 bits per heavy atom. The van der Waals surface area contributed by atoms with E-state index >= 15 is 0 Å². The number of hydrogen-bond donors (Lipinski definition) is 0. The lowest BCUT2D eigenvalue weighted by Crippen LogP contribution is -2.49. The molecule has 1 atom stereocenters. The van der Waals surface area contributed by atoms with E-state index in [1.54, 1.807) is 6.08 Å². The second kappa shape index (κ2) is 5.28. The summed E-state index contributed by atoms with van der Waals surface area (Å²) in [6.45, 7) is 5.91. The molecule has 1 heterocycles. The Bertz CT molecular complexity index is 243. The Hall–Kier alpha value is -0.870. The number of ether oxygens (including phenoxy) is 3. The molecule has 0 amide bonds. The Morgan fingerprint density at radius 2 is 2.27 bits per heavy atom. The molecule has 86 valence electrons. The van der Waals surface area contributed by atoms with Crippen molar-refractivity contribution in [2.75, 3.05) is 26.9 Å². The highest BCUT2D eigenvalue weighted by Gasteiger charge is 2.34. The van der Waals surface area contributed by atoms with E-state index in [9.17, 15) is 4.79 Å². The van der Waals surface area contributed by atoms with Crippen LogP contribution in [0.15, 0.2) is 12.2 Å². The number of rotatable bonds is 5. The first-order valence-corrected chi connectivity index (χ1v) is 5.03. The van der Waals surface area contributed by atoms with Crippen molar-refractivity contribution in [1.82, 2.24) is 0 Å². The number of hydrogen-bond acceptors (Lipinski definition) is 4. The molecule has 1 saturated heterocycles. The van der Waals surface area contributed by atoms with Gasteiger partial charge < -0.3 is 14.2 Å². The highest BCUT2D eigenvalue weighted by molar-refractivity contribution is 5.81. The molecule has 1 fully saturated rings. The van der Waals surface area contributed by atoms with E-state index in [1.165, 1.54) is 13.2 Å². The molecule has 4 nitrogen and oxygen atoms in total. The summed E-state index contributed by atoms with van der Waals surface area (Å²) in [4.78, 5) is 10.8. The molecular weight excluding hydrogens is 196 g/mol. The molecular formula is C11H18O4. The molecule has 0 saturated carbocycles. The first kappa shape index (κ1) is 12.2. The fourth-order valence-electron chi connectivity index (χ4n) is 1.17. The molecule has 1 rings (SSSR count). The van der Waals surface area contributed by atoms with E-state index in [4.69, 9.17) is 9.47 Å². The lowest BCUT2D eigenvalue weighted by molar-refractivity contribution is -0.201. The van der Waals surface area contributed by atoms with Gasteiger partial charge in [-0.05, 0) is 12.8 Å². The van der Waals surface area contributed by atoms with Crippen LogP contribution >= 0.6 is 0 Å². The van der Waals surface area contributed by atoms with Gasteiger partial charge in [0.05, 0.1) is 26.9 Å². The average Bonchev–Trinajstić information content (AvgIpc) is 2.20. The average molecular weight is 214 g/mol. The largest absolute Gasteiger partial charge is 0.466 e. The van der Waals surface area contributed by atoms with Crippen molar-refractivity contribution in [2.24, 2.45) is 5.92 Å². The van der Waals surface area contributed by atoms with Crippen molar-refractivity contribution in [3.8, 4) is 0 Å². The van der Waals surface area contributed by atoms with E-state index in [0.717, 1.165) is 0 Å². The van der Waals surface area contributed by atoms with Gasteiger partial charge in [0.15, 0.2) is 0 Å². The van der Waals surface area contributed by atoms with E-state index in [2.05, 4.69) is 4.74 Å². The van der Waals surface area contributed by atoms with Crippen LogP contribution in [0.5, 0.6) is 0 Å². The van der Waals surface area contributed by atoms with Crippen LogP contribution in [-0.4, -0.2) is 38.5 Å². The quantitative estimate of drug-likeness (QED) is 0.509. The van der Waals surface area contributed by atoms with Crippen LogP contribution in [0.25, 0.3) is 0 Å². The van der Waals surface area contributed by atoms with E-state index in [0.29, 0.717) is 19.8 Å². The van der Waals surface area contributed by atoms with Crippen LogP contribution in [0.4, 0.5) is 0 Å². The zero-order chi connectivity index (χ0) is 11.3. The molecule has 0 N–H and O–H groups in total. The van der Waals surface area contributed by atoms with Crippen molar-refractivity contribution in [2.45, 2.75) is 19.4 Å². The van der Waals surface area contributed by atoms with Gasteiger partial charge in [0.25, 0.3) is 0 Å². The van der Waals surface area contributed by atoms with Gasteiger partial charge in [0.1, 0.15) is 5.60 Å². The highest BCUT2D eigenvalue weighted by Crippen LogP contribution is 2.21. The highest BCUT2D eigenvalue weighted by atomic mass is 16.6. The Kier molecular flexibility index (Phi) is 4.29. The molecule has 0 aliphatic carbocycles. The molecule has 0 aromatic rings. The van der Waals surface area contributed by atoms with Gasteiger partial charge in [-0.1, -0.05) is 13.0 Å². The van der Waals surface area contributed by atoms with Gasteiger partial charge >= 0.3 is 5.97 Å². The first-order chi connectivity index (χ1) is 7.06. The maximum atomic E-state index is 10.8. The summed E-state index contributed by atoms with van der Waals surface area (Å²) in [5.74, 6) is -0.137. The molecule has 0 bridgehead atoms. The minimum absolute atomic E-state index is 0.132. The molecule has 0 spiro atoms. The van der Waals surface area contributed by atoms with Gasteiger partial charge in [0, 0.05) is 6.08 Å². The zero-order valence-corrected chi connectivity index (χ0v) is 9.49. The van der Waals surface area contributed by atoms with E-state index < -0.39 is 0 Å². The minimum atomic E-state index is -0.333.